The number of nitrogens with zero attached hydrogens (tertiary/aromatic N) is 1. The molecule has 1 aliphatic heterocycles. The first-order valence-corrected chi connectivity index (χ1v) is 9.24. The molecule has 134 valence electrons. The molecule has 0 unspecified atom stereocenters. The van der Waals surface area contributed by atoms with E-state index < -0.39 is 16.1 Å². The quantitative estimate of drug-likeness (QED) is 0.678. The summed E-state index contributed by atoms with van der Waals surface area (Å²) in [6.45, 7) is 4.17. The van der Waals surface area contributed by atoms with Gasteiger partial charge in [-0.3, -0.25) is 4.79 Å². The smallest absolute Gasteiger partial charge is 0.254 e. The van der Waals surface area contributed by atoms with Crippen LogP contribution in [0.3, 0.4) is 0 Å². The van der Waals surface area contributed by atoms with E-state index in [1.807, 2.05) is 6.92 Å². The molecule has 0 aliphatic carbocycles. The minimum absolute atomic E-state index is 0.118. The molecule has 0 bridgehead atoms. The number of amides is 1. The van der Waals surface area contributed by atoms with Gasteiger partial charge in [-0.05, 0) is 25.1 Å². The highest BCUT2D eigenvalue weighted by Crippen LogP contribution is 2.27. The maximum atomic E-state index is 12.4. The molecule has 0 radical (unpaired) electrons. The van der Waals surface area contributed by atoms with E-state index in [-0.39, 0.29) is 10.8 Å². The lowest BCUT2D eigenvalue weighted by Crippen LogP contribution is -2.45. The number of carbonyl (C=O) groups is 1. The maximum absolute atomic E-state index is 12.4. The van der Waals surface area contributed by atoms with Crippen molar-refractivity contribution in [2.24, 2.45) is 0 Å². The highest BCUT2D eigenvalue weighted by Gasteiger charge is 2.24. The normalized spacial score (nSPS) is 18.4. The fourth-order valence-electron chi connectivity index (χ4n) is 2.29. The van der Waals surface area contributed by atoms with Crippen molar-refractivity contribution < 1.29 is 17.9 Å². The third-order valence-electron chi connectivity index (χ3n) is 3.61. The third kappa shape index (κ3) is 4.23. The van der Waals surface area contributed by atoms with Gasteiger partial charge in [0.25, 0.3) is 5.91 Å². The molecule has 0 aromatic heterocycles. The number of nitrogens with one attached hydrogen (secondary N) is 3. The number of rotatable bonds is 6. The van der Waals surface area contributed by atoms with Crippen LogP contribution in [0.15, 0.2) is 23.1 Å². The summed E-state index contributed by atoms with van der Waals surface area (Å²) < 4.78 is 31.2. The Hall–Kier alpha value is -1.68. The lowest BCUT2D eigenvalue weighted by atomic mass is 10.2. The van der Waals surface area contributed by atoms with E-state index in [0.29, 0.717) is 37.6 Å². The summed E-state index contributed by atoms with van der Waals surface area (Å²) in [5.41, 5.74) is 1.08. The Morgan fingerprint density at radius 3 is 2.71 bits per heavy atom. The second kappa shape index (κ2) is 7.93. The van der Waals surface area contributed by atoms with E-state index >= 15 is 0 Å². The van der Waals surface area contributed by atoms with Gasteiger partial charge in [0.05, 0.1) is 22.9 Å². The number of ether oxygens (including phenoxy) is 1. The van der Waals surface area contributed by atoms with Gasteiger partial charge in [-0.1, -0.05) is 0 Å². The molecule has 3 N–H and O–H groups in total. The van der Waals surface area contributed by atoms with Crippen LogP contribution in [0, 0.1) is 0 Å². The largest absolute Gasteiger partial charge is 0.384 e. The van der Waals surface area contributed by atoms with Gasteiger partial charge in [0.15, 0.2) is 0 Å². The fourth-order valence-corrected chi connectivity index (χ4v) is 3.22. The number of sulfonamides is 1. The first-order chi connectivity index (χ1) is 11.4. The first kappa shape index (κ1) is 18.7. The van der Waals surface area contributed by atoms with Crippen molar-refractivity contribution in [3.8, 4) is 0 Å². The van der Waals surface area contributed by atoms with Gasteiger partial charge in [-0.15, -0.1) is 0 Å². The van der Waals surface area contributed by atoms with Crippen LogP contribution in [0.25, 0.3) is 0 Å². The Bertz CT molecular complexity index is 685. The van der Waals surface area contributed by atoms with Crippen LogP contribution < -0.4 is 16.0 Å². The van der Waals surface area contributed by atoms with Crippen molar-refractivity contribution >= 4 is 27.3 Å². The molecular formula is C15H24N4O4S. The molecule has 1 saturated heterocycles. The van der Waals surface area contributed by atoms with Gasteiger partial charge < -0.3 is 20.7 Å². The Balaban J connectivity index is 2.29. The summed E-state index contributed by atoms with van der Waals surface area (Å²) >= 11 is 0. The molecule has 1 aliphatic rings. The average molecular weight is 356 g/mol. The number of carbonyl (C=O) groups excluding carboxylic acids is 1. The van der Waals surface area contributed by atoms with Crippen LogP contribution in [-0.4, -0.2) is 65.1 Å². The van der Waals surface area contributed by atoms with Gasteiger partial charge in [-0.25, -0.2) is 12.7 Å². The summed E-state index contributed by atoms with van der Waals surface area (Å²) in [5, 5.41) is 8.97. The van der Waals surface area contributed by atoms with E-state index in [0.717, 1.165) is 4.31 Å². The maximum Gasteiger partial charge on any atom is 0.254 e. The van der Waals surface area contributed by atoms with Crippen molar-refractivity contribution in [3.63, 3.8) is 0 Å². The number of anilines is 2. The monoisotopic (exact) mass is 356 g/mol. The van der Waals surface area contributed by atoms with Crippen molar-refractivity contribution in [2.45, 2.75) is 17.9 Å². The number of hydrogen-bond donors (Lipinski definition) is 3. The van der Waals surface area contributed by atoms with Crippen LogP contribution in [0.2, 0.25) is 0 Å². The SMILES string of the molecule is CCNc1ccc(S(=O)(=O)N(C)C)cc1NC(=O)[C@H]1CNCCO1. The zero-order valence-corrected chi connectivity index (χ0v) is 14.9. The second-order valence-corrected chi connectivity index (χ2v) is 7.73. The molecular weight excluding hydrogens is 332 g/mol. The van der Waals surface area contributed by atoms with Crippen LogP contribution in [0.4, 0.5) is 11.4 Å². The molecule has 1 fully saturated rings. The summed E-state index contributed by atoms with van der Waals surface area (Å²) in [5.74, 6) is -0.305. The predicted octanol–water partition coefficient (Wildman–Crippen LogP) is 0.296. The predicted molar refractivity (Wildman–Crippen MR) is 92.7 cm³/mol. The zero-order chi connectivity index (χ0) is 17.7. The number of hydrogen-bond acceptors (Lipinski definition) is 6. The van der Waals surface area contributed by atoms with Crippen LogP contribution in [0.5, 0.6) is 0 Å². The minimum Gasteiger partial charge on any atom is -0.384 e. The van der Waals surface area contributed by atoms with Crippen molar-refractivity contribution in [1.82, 2.24) is 9.62 Å². The van der Waals surface area contributed by atoms with Crippen molar-refractivity contribution in [2.75, 3.05) is 51.0 Å². The summed E-state index contributed by atoms with van der Waals surface area (Å²) in [4.78, 5) is 12.5. The molecule has 1 aromatic carbocycles. The van der Waals surface area contributed by atoms with E-state index in [2.05, 4.69) is 16.0 Å². The second-order valence-electron chi connectivity index (χ2n) is 5.58. The lowest BCUT2D eigenvalue weighted by Gasteiger charge is -2.23. The average Bonchev–Trinajstić information content (AvgIpc) is 2.57. The van der Waals surface area contributed by atoms with Gasteiger partial charge in [0.1, 0.15) is 6.10 Å². The fraction of sp³-hybridized carbons (Fsp3) is 0.533. The van der Waals surface area contributed by atoms with Crippen molar-refractivity contribution in [1.29, 1.82) is 0 Å². The summed E-state index contributed by atoms with van der Waals surface area (Å²) in [6, 6.07) is 4.62. The number of benzene rings is 1. The molecule has 2 rings (SSSR count). The van der Waals surface area contributed by atoms with Gasteiger partial charge in [-0.2, -0.15) is 0 Å². The standard InChI is InChI=1S/C15H24N4O4S/c1-4-17-12-6-5-11(24(21,22)19(2)3)9-13(12)18-15(20)14-10-16-7-8-23-14/h5-6,9,14,16-17H,4,7-8,10H2,1-3H3,(H,18,20)/t14-/m1/s1. The molecule has 0 spiro atoms. The van der Waals surface area contributed by atoms with Crippen LogP contribution in [0.1, 0.15) is 6.92 Å². The Morgan fingerprint density at radius 1 is 1.38 bits per heavy atom. The van der Waals surface area contributed by atoms with Crippen LogP contribution >= 0.6 is 0 Å². The Kier molecular flexibility index (Phi) is 6.16. The van der Waals surface area contributed by atoms with Gasteiger partial charge in [0, 0.05) is 33.7 Å². The Labute approximate surface area is 142 Å². The third-order valence-corrected chi connectivity index (χ3v) is 5.43. The molecule has 0 saturated carbocycles. The molecule has 1 aromatic rings. The van der Waals surface area contributed by atoms with Crippen LogP contribution in [-0.2, 0) is 19.6 Å². The van der Waals surface area contributed by atoms with Crippen molar-refractivity contribution in [3.05, 3.63) is 18.2 Å². The molecule has 9 heteroatoms. The molecule has 24 heavy (non-hydrogen) atoms. The molecule has 1 atom stereocenters. The van der Waals surface area contributed by atoms with E-state index in [9.17, 15) is 13.2 Å². The zero-order valence-electron chi connectivity index (χ0n) is 14.1. The topological polar surface area (TPSA) is 99.8 Å². The Morgan fingerprint density at radius 2 is 2.12 bits per heavy atom. The highest BCUT2D eigenvalue weighted by molar-refractivity contribution is 7.89. The van der Waals surface area contributed by atoms with Gasteiger partial charge in [0.2, 0.25) is 10.0 Å². The lowest BCUT2D eigenvalue weighted by molar-refractivity contribution is -0.128. The van der Waals surface area contributed by atoms with E-state index in [1.54, 1.807) is 6.07 Å². The minimum atomic E-state index is -3.58. The molecule has 8 nitrogen and oxygen atoms in total. The number of morpholine rings is 1. The summed E-state index contributed by atoms with van der Waals surface area (Å²) in [6.07, 6.45) is -0.595. The van der Waals surface area contributed by atoms with E-state index in [4.69, 9.17) is 4.74 Å². The van der Waals surface area contributed by atoms with E-state index in [1.165, 1.54) is 26.2 Å². The molecule has 1 heterocycles. The highest BCUT2D eigenvalue weighted by atomic mass is 32.2. The summed E-state index contributed by atoms with van der Waals surface area (Å²) in [7, 11) is -0.650. The first-order valence-electron chi connectivity index (χ1n) is 7.80. The van der Waals surface area contributed by atoms with Gasteiger partial charge >= 0.3 is 0 Å². The molecule has 1 amide bonds.